The number of aliphatic hydroxyl groups excluding tert-OH is 1. The van der Waals surface area contributed by atoms with Crippen molar-refractivity contribution < 1.29 is 9.90 Å². The number of thiol groups is 1. The lowest BCUT2D eigenvalue weighted by Crippen LogP contribution is -2.46. The normalized spacial score (nSPS) is 23.7. The van der Waals surface area contributed by atoms with Crippen LogP contribution in [-0.4, -0.2) is 23.2 Å². The molecule has 0 saturated heterocycles. The molecule has 0 heterocycles. The second-order valence-corrected chi connectivity index (χ2v) is 4.81. The number of aryl methyl sites for hydroxylation is 1. The Morgan fingerprint density at radius 2 is 2.19 bits per heavy atom. The number of amides is 1. The van der Waals surface area contributed by atoms with Crippen molar-refractivity contribution in [2.75, 3.05) is 0 Å². The van der Waals surface area contributed by atoms with Crippen LogP contribution in [0.15, 0.2) is 23.1 Å². The average Bonchev–Trinajstić information content (AvgIpc) is 2.19. The second kappa shape index (κ2) is 4.47. The van der Waals surface area contributed by atoms with Crippen molar-refractivity contribution in [2.24, 2.45) is 0 Å². The summed E-state index contributed by atoms with van der Waals surface area (Å²) in [6.45, 7) is 1.90. The van der Waals surface area contributed by atoms with Crippen LogP contribution in [-0.2, 0) is 0 Å². The second-order valence-electron chi connectivity index (χ2n) is 4.29. The zero-order valence-corrected chi connectivity index (χ0v) is 10.00. The van der Waals surface area contributed by atoms with Crippen molar-refractivity contribution in [3.63, 3.8) is 0 Å². The molecule has 4 heteroatoms. The third-order valence-electron chi connectivity index (χ3n) is 2.91. The minimum atomic E-state index is -0.248. The monoisotopic (exact) mass is 237 g/mol. The number of hydrogen-bond donors (Lipinski definition) is 3. The molecule has 0 aromatic heterocycles. The van der Waals surface area contributed by atoms with E-state index >= 15 is 0 Å². The fourth-order valence-corrected chi connectivity index (χ4v) is 2.03. The Morgan fingerprint density at radius 1 is 1.50 bits per heavy atom. The Labute approximate surface area is 100 Å². The topological polar surface area (TPSA) is 49.3 Å². The van der Waals surface area contributed by atoms with E-state index < -0.39 is 0 Å². The first-order valence-electron chi connectivity index (χ1n) is 5.35. The molecule has 1 amide bonds. The summed E-state index contributed by atoms with van der Waals surface area (Å²) in [5.41, 5.74) is 1.60. The highest BCUT2D eigenvalue weighted by molar-refractivity contribution is 7.80. The summed E-state index contributed by atoms with van der Waals surface area (Å²) in [5, 5.41) is 12.0. The average molecular weight is 237 g/mol. The van der Waals surface area contributed by atoms with Crippen LogP contribution < -0.4 is 5.32 Å². The van der Waals surface area contributed by atoms with Gasteiger partial charge in [-0.1, -0.05) is 6.07 Å². The van der Waals surface area contributed by atoms with Crippen LogP contribution >= 0.6 is 12.6 Å². The molecule has 0 spiro atoms. The van der Waals surface area contributed by atoms with Gasteiger partial charge in [-0.2, -0.15) is 0 Å². The highest BCUT2D eigenvalue weighted by Crippen LogP contribution is 2.21. The lowest BCUT2D eigenvalue weighted by atomic mass is 9.89. The van der Waals surface area contributed by atoms with Crippen LogP contribution in [0.1, 0.15) is 28.8 Å². The Kier molecular flexibility index (Phi) is 3.21. The van der Waals surface area contributed by atoms with Gasteiger partial charge in [0.2, 0.25) is 0 Å². The maximum absolute atomic E-state index is 11.9. The van der Waals surface area contributed by atoms with Gasteiger partial charge in [-0.05, 0) is 37.5 Å². The fraction of sp³-hybridized carbons (Fsp3) is 0.417. The van der Waals surface area contributed by atoms with Crippen LogP contribution in [0, 0.1) is 6.92 Å². The predicted octanol–water partition coefficient (Wildman–Crippen LogP) is 1.54. The SMILES string of the molecule is Cc1ccc(S)cc1C(=O)NC1CC(O)C1. The first-order chi connectivity index (χ1) is 7.56. The molecule has 3 nitrogen and oxygen atoms in total. The molecule has 0 aliphatic heterocycles. The first-order valence-corrected chi connectivity index (χ1v) is 5.79. The Balaban J connectivity index is 2.05. The van der Waals surface area contributed by atoms with Gasteiger partial charge in [0.1, 0.15) is 0 Å². The summed E-state index contributed by atoms with van der Waals surface area (Å²) in [5.74, 6) is -0.0784. The summed E-state index contributed by atoms with van der Waals surface area (Å²) in [6.07, 6.45) is 1.07. The Bertz CT molecular complexity index is 413. The van der Waals surface area contributed by atoms with Crippen molar-refractivity contribution in [1.82, 2.24) is 5.32 Å². The van der Waals surface area contributed by atoms with Gasteiger partial charge < -0.3 is 10.4 Å². The maximum Gasteiger partial charge on any atom is 0.251 e. The number of benzene rings is 1. The Hall–Kier alpha value is -1.00. The minimum absolute atomic E-state index is 0.0784. The maximum atomic E-state index is 11.9. The van der Waals surface area contributed by atoms with Gasteiger partial charge in [-0.15, -0.1) is 12.6 Å². The molecule has 2 N–H and O–H groups in total. The van der Waals surface area contributed by atoms with Gasteiger partial charge in [0.15, 0.2) is 0 Å². The van der Waals surface area contributed by atoms with E-state index in [4.69, 9.17) is 5.11 Å². The number of aliphatic hydroxyl groups is 1. The molecule has 0 atom stereocenters. The van der Waals surface area contributed by atoms with Crippen molar-refractivity contribution in [1.29, 1.82) is 0 Å². The molecule has 1 saturated carbocycles. The van der Waals surface area contributed by atoms with E-state index in [2.05, 4.69) is 17.9 Å². The predicted molar refractivity (Wildman–Crippen MR) is 64.9 cm³/mol. The van der Waals surface area contributed by atoms with E-state index in [1.807, 2.05) is 19.1 Å². The molecule has 1 aliphatic carbocycles. The van der Waals surface area contributed by atoms with E-state index in [0.717, 1.165) is 10.5 Å². The smallest absolute Gasteiger partial charge is 0.251 e. The molecule has 2 rings (SSSR count). The number of carbonyl (C=O) groups excluding carboxylic acids is 1. The largest absolute Gasteiger partial charge is 0.393 e. The zero-order valence-electron chi connectivity index (χ0n) is 9.10. The molecule has 16 heavy (non-hydrogen) atoms. The van der Waals surface area contributed by atoms with Gasteiger partial charge in [-0.25, -0.2) is 0 Å². The van der Waals surface area contributed by atoms with Gasteiger partial charge >= 0.3 is 0 Å². The summed E-state index contributed by atoms with van der Waals surface area (Å²) in [7, 11) is 0. The molecule has 86 valence electrons. The van der Waals surface area contributed by atoms with E-state index in [9.17, 15) is 4.79 Å². The van der Waals surface area contributed by atoms with Crippen LogP contribution in [0.4, 0.5) is 0 Å². The quantitative estimate of drug-likeness (QED) is 0.683. The fourth-order valence-electron chi connectivity index (χ4n) is 1.82. The van der Waals surface area contributed by atoms with E-state index in [0.29, 0.717) is 18.4 Å². The standard InChI is InChI=1S/C12H15NO2S/c1-7-2-3-10(16)6-11(7)12(15)13-8-4-9(14)5-8/h2-3,6,8-9,14,16H,4-5H2,1H3,(H,13,15). The van der Waals surface area contributed by atoms with Crippen LogP contribution in [0.25, 0.3) is 0 Å². The number of nitrogens with one attached hydrogen (secondary N) is 1. The van der Waals surface area contributed by atoms with Crippen LogP contribution in [0.3, 0.4) is 0 Å². The van der Waals surface area contributed by atoms with Crippen molar-refractivity contribution in [3.8, 4) is 0 Å². The van der Waals surface area contributed by atoms with E-state index in [-0.39, 0.29) is 18.1 Å². The van der Waals surface area contributed by atoms with Gasteiger partial charge in [0, 0.05) is 16.5 Å². The third kappa shape index (κ3) is 2.39. The van der Waals surface area contributed by atoms with E-state index in [1.165, 1.54) is 0 Å². The molecule has 1 aliphatic rings. The highest BCUT2D eigenvalue weighted by Gasteiger charge is 2.28. The molecule has 0 radical (unpaired) electrons. The molecule has 0 unspecified atom stereocenters. The number of hydrogen-bond acceptors (Lipinski definition) is 3. The zero-order chi connectivity index (χ0) is 11.7. The first kappa shape index (κ1) is 11.5. The van der Waals surface area contributed by atoms with Crippen LogP contribution in [0.2, 0.25) is 0 Å². The van der Waals surface area contributed by atoms with E-state index in [1.54, 1.807) is 6.07 Å². The summed E-state index contributed by atoms with van der Waals surface area (Å²) >= 11 is 4.22. The molecule has 1 fully saturated rings. The lowest BCUT2D eigenvalue weighted by molar-refractivity contribution is 0.0562. The number of rotatable bonds is 2. The molecular formula is C12H15NO2S. The molecule has 0 bridgehead atoms. The third-order valence-corrected chi connectivity index (χ3v) is 3.19. The summed E-state index contributed by atoms with van der Waals surface area (Å²) < 4.78 is 0. The Morgan fingerprint density at radius 3 is 2.81 bits per heavy atom. The van der Waals surface area contributed by atoms with Crippen LogP contribution in [0.5, 0.6) is 0 Å². The van der Waals surface area contributed by atoms with Gasteiger partial charge in [-0.3, -0.25) is 4.79 Å². The van der Waals surface area contributed by atoms with Gasteiger partial charge in [0.25, 0.3) is 5.91 Å². The molecule has 1 aromatic rings. The lowest BCUT2D eigenvalue weighted by Gasteiger charge is -2.32. The summed E-state index contributed by atoms with van der Waals surface area (Å²) in [6, 6.07) is 5.63. The number of carbonyl (C=O) groups is 1. The van der Waals surface area contributed by atoms with Gasteiger partial charge in [0.05, 0.1) is 6.10 Å². The minimum Gasteiger partial charge on any atom is -0.393 e. The molecule has 1 aromatic carbocycles. The highest BCUT2D eigenvalue weighted by atomic mass is 32.1. The summed E-state index contributed by atoms with van der Waals surface area (Å²) in [4.78, 5) is 12.7. The van der Waals surface area contributed by atoms with Crippen molar-refractivity contribution >= 4 is 18.5 Å². The molecular weight excluding hydrogens is 222 g/mol. The van der Waals surface area contributed by atoms with Crippen molar-refractivity contribution in [2.45, 2.75) is 36.8 Å². The van der Waals surface area contributed by atoms with Crippen molar-refractivity contribution in [3.05, 3.63) is 29.3 Å².